The van der Waals surface area contributed by atoms with Crippen molar-refractivity contribution in [3.05, 3.63) is 22.6 Å². The Hall–Kier alpha value is -0.840. The highest BCUT2D eigenvalue weighted by molar-refractivity contribution is 9.09. The highest BCUT2D eigenvalue weighted by Crippen LogP contribution is 2.07. The van der Waals surface area contributed by atoms with Gasteiger partial charge in [0.1, 0.15) is 0 Å². The van der Waals surface area contributed by atoms with Crippen molar-refractivity contribution in [1.82, 2.24) is 9.78 Å². The third kappa shape index (κ3) is 4.50. The molecule has 1 heterocycles. The first kappa shape index (κ1) is 14.2. The molecule has 5 heteroatoms. The van der Waals surface area contributed by atoms with Crippen LogP contribution >= 0.6 is 15.9 Å². The molecule has 0 amide bonds. The van der Waals surface area contributed by atoms with Crippen LogP contribution in [0.3, 0.4) is 0 Å². The summed E-state index contributed by atoms with van der Waals surface area (Å²) in [7, 11) is 1.98. The maximum atomic E-state index is 11.8. The number of aryl methyl sites for hydroxylation is 1. The second-order valence-electron chi connectivity index (χ2n) is 4.09. The van der Waals surface area contributed by atoms with Gasteiger partial charge in [-0.05, 0) is 19.3 Å². The van der Waals surface area contributed by atoms with Gasteiger partial charge in [0.25, 0.3) is 5.56 Å². The molecule has 17 heavy (non-hydrogen) atoms. The van der Waals surface area contributed by atoms with Gasteiger partial charge in [0.15, 0.2) is 0 Å². The quantitative estimate of drug-likeness (QED) is 0.573. The van der Waals surface area contributed by atoms with Crippen molar-refractivity contribution in [2.24, 2.45) is 0 Å². The van der Waals surface area contributed by atoms with Gasteiger partial charge in [0, 0.05) is 31.5 Å². The van der Waals surface area contributed by atoms with Crippen molar-refractivity contribution in [2.75, 3.05) is 23.8 Å². The van der Waals surface area contributed by atoms with Crippen LogP contribution in [0.25, 0.3) is 0 Å². The average molecular weight is 302 g/mol. The molecule has 0 atom stereocenters. The molecule has 0 bridgehead atoms. The number of alkyl halides is 1. The molecule has 96 valence electrons. The molecule has 0 fully saturated rings. The largest absolute Gasteiger partial charge is 0.373 e. The second kappa shape index (κ2) is 7.48. The minimum Gasteiger partial charge on any atom is -0.373 e. The molecule has 1 rings (SSSR count). The van der Waals surface area contributed by atoms with E-state index in [2.05, 4.69) is 32.9 Å². The van der Waals surface area contributed by atoms with Gasteiger partial charge in [0.05, 0.1) is 11.9 Å². The Morgan fingerprint density at radius 1 is 1.47 bits per heavy atom. The molecular formula is C12H20BrN3O. The number of hydrogen-bond acceptors (Lipinski definition) is 3. The summed E-state index contributed by atoms with van der Waals surface area (Å²) in [6.45, 7) is 3.75. The fraction of sp³-hybridized carbons (Fsp3) is 0.667. The Morgan fingerprint density at radius 3 is 2.82 bits per heavy atom. The average Bonchev–Trinajstić information content (AvgIpc) is 2.31. The molecule has 0 aliphatic carbocycles. The lowest BCUT2D eigenvalue weighted by Gasteiger charge is -2.17. The number of aromatic nitrogens is 2. The lowest BCUT2D eigenvalue weighted by atomic mass is 10.3. The van der Waals surface area contributed by atoms with Gasteiger partial charge in [-0.2, -0.15) is 5.10 Å². The van der Waals surface area contributed by atoms with Crippen LogP contribution in [-0.2, 0) is 6.54 Å². The van der Waals surface area contributed by atoms with Crippen LogP contribution in [0.15, 0.2) is 17.1 Å². The van der Waals surface area contributed by atoms with Crippen LogP contribution in [0.5, 0.6) is 0 Å². The monoisotopic (exact) mass is 301 g/mol. The minimum absolute atomic E-state index is 0.0139. The molecular weight excluding hydrogens is 282 g/mol. The van der Waals surface area contributed by atoms with Gasteiger partial charge >= 0.3 is 0 Å². The molecule has 0 saturated heterocycles. The molecule has 0 radical (unpaired) electrons. The lowest BCUT2D eigenvalue weighted by molar-refractivity contribution is 0.544. The van der Waals surface area contributed by atoms with E-state index in [9.17, 15) is 4.79 Å². The molecule has 0 aliphatic heterocycles. The van der Waals surface area contributed by atoms with E-state index in [1.807, 2.05) is 7.05 Å². The van der Waals surface area contributed by atoms with Crippen molar-refractivity contribution in [2.45, 2.75) is 32.7 Å². The number of halogens is 1. The van der Waals surface area contributed by atoms with Crippen molar-refractivity contribution in [3.8, 4) is 0 Å². The van der Waals surface area contributed by atoms with Crippen molar-refractivity contribution in [1.29, 1.82) is 0 Å². The van der Waals surface area contributed by atoms with E-state index >= 15 is 0 Å². The van der Waals surface area contributed by atoms with Gasteiger partial charge < -0.3 is 4.90 Å². The number of rotatable bonds is 7. The van der Waals surface area contributed by atoms with Gasteiger partial charge in [-0.3, -0.25) is 4.79 Å². The summed E-state index contributed by atoms with van der Waals surface area (Å²) in [5, 5.41) is 5.17. The predicted molar refractivity (Wildman–Crippen MR) is 75.1 cm³/mol. The van der Waals surface area contributed by atoms with E-state index in [4.69, 9.17) is 0 Å². The molecule has 0 aromatic carbocycles. The second-order valence-corrected chi connectivity index (χ2v) is 4.89. The summed E-state index contributed by atoms with van der Waals surface area (Å²) in [5.41, 5.74) is 0.883. The first-order valence-corrected chi connectivity index (χ1v) is 7.15. The number of unbranched alkanes of at least 4 members (excludes halogenated alkanes) is 1. The zero-order valence-corrected chi connectivity index (χ0v) is 12.1. The maximum Gasteiger partial charge on any atom is 0.268 e. The van der Waals surface area contributed by atoms with Crippen LogP contribution in [0, 0.1) is 0 Å². The summed E-state index contributed by atoms with van der Waals surface area (Å²) < 4.78 is 1.53. The molecule has 0 saturated carbocycles. The van der Waals surface area contributed by atoms with Gasteiger partial charge in [-0.15, -0.1) is 0 Å². The predicted octanol–water partition coefficient (Wildman–Crippen LogP) is 2.26. The highest BCUT2D eigenvalue weighted by atomic mass is 79.9. The van der Waals surface area contributed by atoms with Crippen LogP contribution in [-0.4, -0.2) is 28.7 Å². The number of hydrogen-bond donors (Lipinski definition) is 0. The molecule has 0 aliphatic rings. The molecule has 1 aromatic heterocycles. The van der Waals surface area contributed by atoms with Gasteiger partial charge in [0.2, 0.25) is 0 Å². The summed E-state index contributed by atoms with van der Waals surface area (Å²) in [6.07, 6.45) is 4.87. The third-order valence-corrected chi connectivity index (χ3v) is 3.17. The normalized spacial score (nSPS) is 10.5. The molecule has 0 spiro atoms. The van der Waals surface area contributed by atoms with E-state index < -0.39 is 0 Å². The van der Waals surface area contributed by atoms with E-state index in [0.717, 1.165) is 36.8 Å². The van der Waals surface area contributed by atoms with E-state index in [-0.39, 0.29) is 5.56 Å². The zero-order chi connectivity index (χ0) is 12.7. The SMILES string of the molecule is CCCN(C)c1cnn(CCCCBr)c(=O)c1. The molecule has 1 aromatic rings. The highest BCUT2D eigenvalue weighted by Gasteiger charge is 2.03. The fourth-order valence-corrected chi connectivity index (χ4v) is 2.02. The van der Waals surface area contributed by atoms with Crippen LogP contribution in [0.4, 0.5) is 5.69 Å². The first-order chi connectivity index (χ1) is 8.19. The topological polar surface area (TPSA) is 38.1 Å². The number of anilines is 1. The molecule has 0 unspecified atom stereocenters. The van der Waals surface area contributed by atoms with Gasteiger partial charge in [-0.25, -0.2) is 4.68 Å². The third-order valence-electron chi connectivity index (χ3n) is 2.61. The van der Waals surface area contributed by atoms with Crippen molar-refractivity contribution >= 4 is 21.6 Å². The molecule has 0 N–H and O–H groups in total. The van der Waals surface area contributed by atoms with E-state index in [1.54, 1.807) is 12.3 Å². The van der Waals surface area contributed by atoms with E-state index in [0.29, 0.717) is 6.54 Å². The lowest BCUT2D eigenvalue weighted by Crippen LogP contribution is -2.26. The standard InChI is InChI=1S/C12H20BrN3O/c1-3-7-15(2)11-9-12(17)16(14-10-11)8-5-4-6-13/h9-10H,3-8H2,1-2H3. The van der Waals surface area contributed by atoms with Crippen molar-refractivity contribution < 1.29 is 0 Å². The number of nitrogens with zero attached hydrogens (tertiary/aromatic N) is 3. The Bertz CT molecular complexity index is 392. The molecule has 4 nitrogen and oxygen atoms in total. The summed E-state index contributed by atoms with van der Waals surface area (Å²) in [5.74, 6) is 0. The Balaban J connectivity index is 2.69. The van der Waals surface area contributed by atoms with Crippen LogP contribution in [0.1, 0.15) is 26.2 Å². The van der Waals surface area contributed by atoms with Crippen LogP contribution < -0.4 is 10.5 Å². The fourth-order valence-electron chi connectivity index (χ4n) is 1.62. The Morgan fingerprint density at radius 2 is 2.24 bits per heavy atom. The Kier molecular flexibility index (Phi) is 6.26. The summed E-state index contributed by atoms with van der Waals surface area (Å²) in [6, 6.07) is 1.66. The minimum atomic E-state index is -0.0139. The van der Waals surface area contributed by atoms with Crippen molar-refractivity contribution in [3.63, 3.8) is 0 Å². The van der Waals surface area contributed by atoms with E-state index in [1.165, 1.54) is 4.68 Å². The Labute approximate surface area is 111 Å². The maximum absolute atomic E-state index is 11.8. The summed E-state index contributed by atoms with van der Waals surface area (Å²) >= 11 is 3.37. The van der Waals surface area contributed by atoms with Gasteiger partial charge in [-0.1, -0.05) is 22.9 Å². The zero-order valence-electron chi connectivity index (χ0n) is 10.5. The smallest absolute Gasteiger partial charge is 0.268 e. The first-order valence-electron chi connectivity index (χ1n) is 6.03. The summed E-state index contributed by atoms with van der Waals surface area (Å²) in [4.78, 5) is 13.9. The van der Waals surface area contributed by atoms with Crippen LogP contribution in [0.2, 0.25) is 0 Å².